The molecule has 0 aliphatic heterocycles. The Labute approximate surface area is 69.4 Å². The Kier molecular flexibility index (Phi) is 1.85. The summed E-state index contributed by atoms with van der Waals surface area (Å²) in [5.74, 6) is 0. The van der Waals surface area contributed by atoms with Crippen molar-refractivity contribution in [3.63, 3.8) is 0 Å². The van der Waals surface area contributed by atoms with Crippen LogP contribution < -0.4 is 0 Å². The van der Waals surface area contributed by atoms with Gasteiger partial charge in [-0.15, -0.1) is 0 Å². The average Bonchev–Trinajstić information content (AvgIpc) is 1.86. The second-order valence-corrected chi connectivity index (χ2v) is 4.66. The summed E-state index contributed by atoms with van der Waals surface area (Å²) < 4.78 is 5.33. The fourth-order valence-corrected chi connectivity index (χ4v) is 2.72. The first kappa shape index (κ1) is 9.08. The lowest BCUT2D eigenvalue weighted by Crippen LogP contribution is -2.68. The van der Waals surface area contributed by atoms with Crippen LogP contribution in [0, 0.1) is 10.8 Å². The highest BCUT2D eigenvalue weighted by Crippen LogP contribution is 2.54. The van der Waals surface area contributed by atoms with Crippen LogP contribution in [0.2, 0.25) is 0 Å². The fraction of sp³-hybridized carbons (Fsp3) is 1.00. The molecule has 0 aromatic heterocycles. The molecule has 3 heteroatoms. The average molecular weight is 156 g/mol. The van der Waals surface area contributed by atoms with Crippen molar-refractivity contribution in [2.24, 2.45) is 10.8 Å². The van der Waals surface area contributed by atoms with E-state index in [9.17, 15) is 5.11 Å². The predicted molar refractivity (Wildman–Crippen MR) is 47.0 cm³/mol. The van der Waals surface area contributed by atoms with Gasteiger partial charge in [-0.25, -0.2) is 0 Å². The van der Waals surface area contributed by atoms with Crippen LogP contribution in [0.25, 0.3) is 0 Å². The second-order valence-electron chi connectivity index (χ2n) is 4.66. The van der Waals surface area contributed by atoms with Gasteiger partial charge in [0.15, 0.2) is 0 Å². The van der Waals surface area contributed by atoms with Gasteiger partial charge in [-0.2, -0.15) is 0 Å². The molecule has 1 fully saturated rings. The summed E-state index contributed by atoms with van der Waals surface area (Å²) in [5.41, 5.74) is -0.170. The lowest BCUT2D eigenvalue weighted by atomic mass is 9.51. The molecule has 0 unspecified atom stereocenters. The van der Waals surface area contributed by atoms with E-state index >= 15 is 0 Å². The highest BCUT2D eigenvalue weighted by atomic mass is 16.4. The van der Waals surface area contributed by atoms with Crippen LogP contribution in [0.5, 0.6) is 0 Å². The van der Waals surface area contributed by atoms with E-state index in [0.717, 1.165) is 0 Å². The maximum absolute atomic E-state index is 9.72. The molecule has 1 saturated carbocycles. The largest absolute Gasteiger partial charge is 0.440 e. The van der Waals surface area contributed by atoms with Gasteiger partial charge in [0.25, 0.3) is 8.05 Å². The molecular weight excluding hydrogens is 139 g/mol. The number of aliphatic hydroxyl groups is 1. The molecule has 2 nitrogen and oxygen atoms in total. The predicted octanol–water partition coefficient (Wildman–Crippen LogP) is 0.347. The first-order chi connectivity index (χ1) is 4.85. The maximum Gasteiger partial charge on any atom is 0.257 e. The van der Waals surface area contributed by atoms with Crippen molar-refractivity contribution < 1.29 is 9.76 Å². The van der Waals surface area contributed by atoms with E-state index in [1.165, 1.54) is 0 Å². The normalized spacial score (nSPS) is 39.7. The Morgan fingerprint density at radius 1 is 1.18 bits per heavy atom. The summed E-state index contributed by atoms with van der Waals surface area (Å²) in [4.78, 5) is 0. The third-order valence-corrected chi connectivity index (χ3v) is 3.00. The lowest BCUT2D eigenvalue weighted by Gasteiger charge is -2.61. The first-order valence-electron chi connectivity index (χ1n) is 4.06. The Balaban J connectivity index is 2.79. The minimum absolute atomic E-state index is 0.0851. The van der Waals surface area contributed by atoms with Crippen molar-refractivity contribution in [3.05, 3.63) is 0 Å². The SMILES string of the molecule is BOC1C(C)(C)C(O)C1(C)C. The van der Waals surface area contributed by atoms with E-state index in [1.54, 1.807) is 8.05 Å². The minimum atomic E-state index is -0.250. The molecule has 1 aliphatic rings. The number of aliphatic hydroxyl groups excluding tert-OH is 1. The summed E-state index contributed by atoms with van der Waals surface area (Å²) in [7, 11) is 1.71. The van der Waals surface area contributed by atoms with Crippen molar-refractivity contribution in [2.75, 3.05) is 0 Å². The van der Waals surface area contributed by atoms with E-state index in [1.807, 2.05) is 27.7 Å². The Morgan fingerprint density at radius 3 is 1.73 bits per heavy atom. The van der Waals surface area contributed by atoms with Crippen LogP contribution >= 0.6 is 0 Å². The standard InChI is InChI=1S/C8H17BO2/c1-7(2)5(10)8(3,4)6(7)11-9/h5-6,10H,9H2,1-4H3. The van der Waals surface area contributed by atoms with E-state index in [0.29, 0.717) is 0 Å². The molecule has 0 saturated heterocycles. The second kappa shape index (κ2) is 2.24. The highest BCUT2D eigenvalue weighted by Gasteiger charge is 2.61. The lowest BCUT2D eigenvalue weighted by molar-refractivity contribution is -0.235. The Morgan fingerprint density at radius 2 is 1.55 bits per heavy atom. The Hall–Kier alpha value is -0.0151. The van der Waals surface area contributed by atoms with Crippen LogP contribution in [0.1, 0.15) is 27.7 Å². The van der Waals surface area contributed by atoms with E-state index in [-0.39, 0.29) is 23.0 Å². The third kappa shape index (κ3) is 0.943. The quantitative estimate of drug-likeness (QED) is 0.555. The molecule has 1 aliphatic carbocycles. The van der Waals surface area contributed by atoms with Crippen LogP contribution in [0.3, 0.4) is 0 Å². The topological polar surface area (TPSA) is 29.5 Å². The maximum atomic E-state index is 9.72. The summed E-state index contributed by atoms with van der Waals surface area (Å²) in [6, 6.07) is 0. The van der Waals surface area contributed by atoms with E-state index < -0.39 is 0 Å². The minimum Gasteiger partial charge on any atom is -0.440 e. The van der Waals surface area contributed by atoms with Gasteiger partial charge in [-0.3, -0.25) is 0 Å². The van der Waals surface area contributed by atoms with Crippen molar-refractivity contribution >= 4 is 8.05 Å². The smallest absolute Gasteiger partial charge is 0.257 e. The number of rotatable bonds is 1. The molecule has 0 atom stereocenters. The van der Waals surface area contributed by atoms with Gasteiger partial charge >= 0.3 is 0 Å². The van der Waals surface area contributed by atoms with Crippen LogP contribution in [0.4, 0.5) is 0 Å². The van der Waals surface area contributed by atoms with E-state index in [4.69, 9.17) is 4.65 Å². The molecule has 0 bridgehead atoms. The molecule has 0 heterocycles. The first-order valence-corrected chi connectivity index (χ1v) is 4.06. The van der Waals surface area contributed by atoms with Gasteiger partial charge in [0.05, 0.1) is 12.2 Å². The molecule has 64 valence electrons. The molecule has 0 radical (unpaired) electrons. The molecule has 0 aromatic rings. The zero-order chi connectivity index (χ0) is 8.86. The third-order valence-electron chi connectivity index (χ3n) is 3.00. The van der Waals surface area contributed by atoms with Gasteiger partial charge in [0.2, 0.25) is 0 Å². The molecular formula is C8H17BO2. The van der Waals surface area contributed by atoms with Crippen LogP contribution in [-0.4, -0.2) is 25.4 Å². The van der Waals surface area contributed by atoms with Gasteiger partial charge < -0.3 is 9.76 Å². The molecule has 1 N–H and O–H groups in total. The summed E-state index contributed by atoms with van der Waals surface area (Å²) in [6.45, 7) is 8.16. The molecule has 0 aromatic carbocycles. The van der Waals surface area contributed by atoms with Crippen LogP contribution in [-0.2, 0) is 4.65 Å². The Bertz CT molecular complexity index is 149. The summed E-state index contributed by atoms with van der Waals surface area (Å²) >= 11 is 0. The zero-order valence-corrected chi connectivity index (χ0v) is 8.01. The van der Waals surface area contributed by atoms with Crippen molar-refractivity contribution in [3.8, 4) is 0 Å². The van der Waals surface area contributed by atoms with Crippen molar-refractivity contribution in [1.82, 2.24) is 0 Å². The van der Waals surface area contributed by atoms with Gasteiger partial charge in [0.1, 0.15) is 0 Å². The number of hydrogen-bond donors (Lipinski definition) is 1. The number of hydrogen-bond acceptors (Lipinski definition) is 2. The van der Waals surface area contributed by atoms with Gasteiger partial charge in [0, 0.05) is 10.8 Å². The van der Waals surface area contributed by atoms with Crippen LogP contribution in [0.15, 0.2) is 0 Å². The van der Waals surface area contributed by atoms with Crippen molar-refractivity contribution in [2.45, 2.75) is 39.9 Å². The van der Waals surface area contributed by atoms with Gasteiger partial charge in [-0.05, 0) is 0 Å². The van der Waals surface area contributed by atoms with E-state index in [2.05, 4.69) is 0 Å². The van der Waals surface area contributed by atoms with Crippen molar-refractivity contribution in [1.29, 1.82) is 0 Å². The molecule has 1 rings (SSSR count). The summed E-state index contributed by atoms with van der Waals surface area (Å²) in [5, 5.41) is 9.72. The molecule has 11 heavy (non-hydrogen) atoms. The fourth-order valence-electron chi connectivity index (χ4n) is 2.72. The highest BCUT2D eigenvalue weighted by molar-refractivity contribution is 5.98. The molecule has 0 amide bonds. The summed E-state index contributed by atoms with van der Waals surface area (Å²) in [6.07, 6.45) is -0.0788. The zero-order valence-electron chi connectivity index (χ0n) is 8.01. The van der Waals surface area contributed by atoms with Gasteiger partial charge in [-0.1, -0.05) is 27.7 Å². The monoisotopic (exact) mass is 156 g/mol. The molecule has 0 spiro atoms.